The van der Waals surface area contributed by atoms with E-state index in [1.165, 1.54) is 38.8 Å². The van der Waals surface area contributed by atoms with E-state index in [2.05, 4.69) is 10.2 Å². The fraction of sp³-hybridized carbons (Fsp3) is 0.600. The van der Waals surface area contributed by atoms with E-state index in [0.717, 1.165) is 18.2 Å². The Morgan fingerprint density at radius 3 is 3.00 bits per heavy atom. The van der Waals surface area contributed by atoms with Gasteiger partial charge < -0.3 is 10.4 Å². The van der Waals surface area contributed by atoms with Crippen LogP contribution in [0.2, 0.25) is 5.02 Å². The Kier molecular flexibility index (Phi) is 3.96. The van der Waals surface area contributed by atoms with Gasteiger partial charge in [0.1, 0.15) is 5.75 Å². The van der Waals surface area contributed by atoms with Gasteiger partial charge in [0.15, 0.2) is 0 Å². The second kappa shape index (κ2) is 5.70. The molecule has 3 nitrogen and oxygen atoms in total. The standard InChI is InChI=1S/C15H21ClN2O/c16-12-9-11(4-5-15(12)19)10-17-13-6-8-18-7-2-1-3-14(13)18/h4-5,9,13-14,17,19H,1-3,6-8,10H2. The molecule has 2 aliphatic rings. The minimum atomic E-state index is 0.157. The molecule has 2 saturated heterocycles. The molecule has 2 N–H and O–H groups in total. The van der Waals surface area contributed by atoms with Gasteiger partial charge in [-0.25, -0.2) is 0 Å². The molecule has 2 heterocycles. The van der Waals surface area contributed by atoms with Crippen molar-refractivity contribution in [1.29, 1.82) is 0 Å². The van der Waals surface area contributed by atoms with Gasteiger partial charge in [0.25, 0.3) is 0 Å². The zero-order chi connectivity index (χ0) is 13.2. The highest BCUT2D eigenvalue weighted by Crippen LogP contribution is 2.28. The number of halogens is 1. The van der Waals surface area contributed by atoms with E-state index in [9.17, 15) is 5.11 Å². The minimum absolute atomic E-state index is 0.157. The molecule has 0 bridgehead atoms. The number of benzene rings is 1. The summed E-state index contributed by atoms with van der Waals surface area (Å²) in [7, 11) is 0. The molecular formula is C15H21ClN2O. The van der Waals surface area contributed by atoms with Crippen molar-refractivity contribution in [3.63, 3.8) is 0 Å². The Balaban J connectivity index is 1.58. The second-order valence-corrected chi connectivity index (χ2v) is 6.07. The summed E-state index contributed by atoms with van der Waals surface area (Å²) in [6, 6.07) is 6.77. The Labute approximate surface area is 119 Å². The highest BCUT2D eigenvalue weighted by molar-refractivity contribution is 6.32. The van der Waals surface area contributed by atoms with Crippen molar-refractivity contribution in [3.8, 4) is 5.75 Å². The van der Waals surface area contributed by atoms with Crippen LogP contribution in [0.3, 0.4) is 0 Å². The van der Waals surface area contributed by atoms with Crippen LogP contribution in [0.4, 0.5) is 0 Å². The van der Waals surface area contributed by atoms with Crippen molar-refractivity contribution >= 4 is 11.6 Å². The summed E-state index contributed by atoms with van der Waals surface area (Å²) < 4.78 is 0. The molecule has 1 aromatic carbocycles. The fourth-order valence-electron chi connectivity index (χ4n) is 3.39. The zero-order valence-electron chi connectivity index (χ0n) is 11.1. The fourth-order valence-corrected chi connectivity index (χ4v) is 3.60. The van der Waals surface area contributed by atoms with Crippen molar-refractivity contribution in [1.82, 2.24) is 10.2 Å². The smallest absolute Gasteiger partial charge is 0.134 e. The van der Waals surface area contributed by atoms with E-state index >= 15 is 0 Å². The van der Waals surface area contributed by atoms with Crippen LogP contribution in [0, 0.1) is 0 Å². The van der Waals surface area contributed by atoms with E-state index < -0.39 is 0 Å². The van der Waals surface area contributed by atoms with Gasteiger partial charge in [0, 0.05) is 25.2 Å². The molecule has 2 aliphatic heterocycles. The first-order valence-electron chi connectivity index (χ1n) is 7.19. The summed E-state index contributed by atoms with van der Waals surface area (Å²) in [5, 5.41) is 13.5. The van der Waals surface area contributed by atoms with Gasteiger partial charge in [-0.05, 0) is 43.5 Å². The summed E-state index contributed by atoms with van der Waals surface area (Å²) >= 11 is 5.93. The number of nitrogens with zero attached hydrogens (tertiary/aromatic N) is 1. The number of rotatable bonds is 3. The van der Waals surface area contributed by atoms with Crippen molar-refractivity contribution in [2.75, 3.05) is 13.1 Å². The molecule has 2 atom stereocenters. The van der Waals surface area contributed by atoms with Crippen LogP contribution in [-0.2, 0) is 6.54 Å². The average molecular weight is 281 g/mol. The van der Waals surface area contributed by atoms with Crippen molar-refractivity contribution in [2.45, 2.75) is 44.3 Å². The minimum Gasteiger partial charge on any atom is -0.506 e. The topological polar surface area (TPSA) is 35.5 Å². The summed E-state index contributed by atoms with van der Waals surface area (Å²) in [6.45, 7) is 3.33. The lowest BCUT2D eigenvalue weighted by molar-refractivity contribution is 0.180. The number of nitrogens with one attached hydrogen (secondary N) is 1. The lowest BCUT2D eigenvalue weighted by Crippen LogP contribution is -2.44. The van der Waals surface area contributed by atoms with Crippen LogP contribution in [0.15, 0.2) is 18.2 Å². The van der Waals surface area contributed by atoms with Crippen molar-refractivity contribution < 1.29 is 5.11 Å². The van der Waals surface area contributed by atoms with Crippen LogP contribution in [0.1, 0.15) is 31.2 Å². The van der Waals surface area contributed by atoms with Gasteiger partial charge >= 0.3 is 0 Å². The predicted octanol–water partition coefficient (Wildman–Crippen LogP) is 2.76. The van der Waals surface area contributed by atoms with E-state index in [4.69, 9.17) is 11.6 Å². The quantitative estimate of drug-likeness (QED) is 0.894. The third kappa shape index (κ3) is 2.88. The van der Waals surface area contributed by atoms with E-state index in [1.54, 1.807) is 6.07 Å². The van der Waals surface area contributed by atoms with E-state index in [0.29, 0.717) is 11.1 Å². The van der Waals surface area contributed by atoms with Gasteiger partial charge in [0.2, 0.25) is 0 Å². The molecule has 104 valence electrons. The average Bonchev–Trinajstić information content (AvgIpc) is 2.83. The third-order valence-corrected chi connectivity index (χ3v) is 4.74. The molecule has 1 aromatic rings. The molecule has 2 fully saturated rings. The molecule has 3 rings (SSSR count). The van der Waals surface area contributed by atoms with Gasteiger partial charge in [0.05, 0.1) is 5.02 Å². The Morgan fingerprint density at radius 1 is 1.26 bits per heavy atom. The molecule has 2 unspecified atom stereocenters. The number of hydrogen-bond donors (Lipinski definition) is 2. The van der Waals surface area contributed by atoms with Crippen LogP contribution in [0.25, 0.3) is 0 Å². The predicted molar refractivity (Wildman–Crippen MR) is 77.6 cm³/mol. The Hall–Kier alpha value is -0.770. The highest BCUT2D eigenvalue weighted by atomic mass is 35.5. The Bertz CT molecular complexity index is 452. The monoisotopic (exact) mass is 280 g/mol. The summed E-state index contributed by atoms with van der Waals surface area (Å²) in [5.41, 5.74) is 1.14. The van der Waals surface area contributed by atoms with Gasteiger partial charge in [-0.3, -0.25) is 4.90 Å². The molecule has 19 heavy (non-hydrogen) atoms. The molecular weight excluding hydrogens is 260 g/mol. The Morgan fingerprint density at radius 2 is 2.16 bits per heavy atom. The summed E-state index contributed by atoms with van der Waals surface area (Å²) in [4.78, 5) is 2.63. The first-order chi connectivity index (χ1) is 9.24. The molecule has 0 aromatic heterocycles. The highest BCUT2D eigenvalue weighted by Gasteiger charge is 2.34. The maximum atomic E-state index is 9.42. The van der Waals surface area contributed by atoms with Crippen LogP contribution >= 0.6 is 11.6 Å². The molecule has 0 spiro atoms. The largest absolute Gasteiger partial charge is 0.506 e. The SMILES string of the molecule is Oc1ccc(CNC2CCN3CCCCC23)cc1Cl. The number of hydrogen-bond acceptors (Lipinski definition) is 3. The second-order valence-electron chi connectivity index (χ2n) is 5.66. The first kappa shape index (κ1) is 13.2. The van der Waals surface area contributed by atoms with E-state index in [1.807, 2.05) is 12.1 Å². The van der Waals surface area contributed by atoms with Crippen LogP contribution in [0.5, 0.6) is 5.75 Å². The molecule has 0 radical (unpaired) electrons. The maximum Gasteiger partial charge on any atom is 0.134 e. The number of phenols is 1. The lowest BCUT2D eigenvalue weighted by atomic mass is 9.99. The number of piperidine rings is 1. The van der Waals surface area contributed by atoms with E-state index in [-0.39, 0.29) is 5.75 Å². The molecule has 0 amide bonds. The number of phenolic OH excluding ortho intramolecular Hbond substituents is 1. The number of fused-ring (bicyclic) bond motifs is 1. The third-order valence-electron chi connectivity index (χ3n) is 4.44. The number of aromatic hydroxyl groups is 1. The summed E-state index contributed by atoms with van der Waals surface area (Å²) in [5.74, 6) is 0.157. The van der Waals surface area contributed by atoms with Gasteiger partial charge in [-0.2, -0.15) is 0 Å². The normalized spacial score (nSPS) is 27.4. The molecule has 0 saturated carbocycles. The molecule has 0 aliphatic carbocycles. The maximum absolute atomic E-state index is 9.42. The van der Waals surface area contributed by atoms with Crippen LogP contribution < -0.4 is 5.32 Å². The molecule has 4 heteroatoms. The van der Waals surface area contributed by atoms with Crippen molar-refractivity contribution in [2.24, 2.45) is 0 Å². The van der Waals surface area contributed by atoms with Gasteiger partial charge in [-0.15, -0.1) is 0 Å². The van der Waals surface area contributed by atoms with Crippen LogP contribution in [-0.4, -0.2) is 35.2 Å². The zero-order valence-corrected chi connectivity index (χ0v) is 11.9. The van der Waals surface area contributed by atoms with Gasteiger partial charge in [-0.1, -0.05) is 24.1 Å². The first-order valence-corrected chi connectivity index (χ1v) is 7.56. The summed E-state index contributed by atoms with van der Waals surface area (Å²) in [6.07, 6.45) is 5.30. The lowest BCUT2D eigenvalue weighted by Gasteiger charge is -2.32. The van der Waals surface area contributed by atoms with Crippen molar-refractivity contribution in [3.05, 3.63) is 28.8 Å².